The molecule has 7 heteroatoms. The average molecular weight is 413 g/mol. The number of aromatic amines is 1. The molecule has 1 aliphatic heterocycles. The van der Waals surface area contributed by atoms with E-state index in [0.717, 1.165) is 29.5 Å². The van der Waals surface area contributed by atoms with Crippen LogP contribution < -0.4 is 15.6 Å². The molecule has 1 aromatic heterocycles. The van der Waals surface area contributed by atoms with Gasteiger partial charge in [-0.3, -0.25) is 13.8 Å². The Bertz CT molecular complexity index is 1070. The quantitative estimate of drug-likeness (QED) is 0.764. The predicted molar refractivity (Wildman–Crippen MR) is 113 cm³/mol. The molecule has 1 unspecified atom stereocenters. The summed E-state index contributed by atoms with van der Waals surface area (Å²) in [5, 5.41) is 2.95. The lowest BCUT2D eigenvalue weighted by Gasteiger charge is -2.15. The lowest BCUT2D eigenvalue weighted by molar-refractivity contribution is -0.119. The third-order valence-electron chi connectivity index (χ3n) is 5.43. The minimum atomic E-state index is -1.18. The minimum Gasteiger partial charge on any atom is -0.495 e. The van der Waals surface area contributed by atoms with Crippen molar-refractivity contribution in [2.45, 2.75) is 42.5 Å². The summed E-state index contributed by atoms with van der Waals surface area (Å²) in [5.41, 5.74) is 3.09. The highest BCUT2D eigenvalue weighted by atomic mass is 32.2. The van der Waals surface area contributed by atoms with E-state index in [2.05, 4.69) is 10.3 Å². The standard InChI is InChI=1S/C22H24N2O4S/c1-28-19-11-14(5-9-20(19)29(2)27)17(12-15-6-10-21(25)23-15)18-8-7-16(13-3-4-13)22(26)24-18/h5,7-9,11-13,15H,3-4,6,10H2,1-2H3,(H,23,25)(H,24,26)/b17-12+/t15-,29?/m1/s1. The molecule has 4 rings (SSSR count). The topological polar surface area (TPSA) is 88.3 Å². The number of carbonyl (C=O) groups is 1. The van der Waals surface area contributed by atoms with Crippen molar-refractivity contribution in [2.75, 3.05) is 13.4 Å². The van der Waals surface area contributed by atoms with Crippen LogP contribution in [0.5, 0.6) is 5.75 Å². The van der Waals surface area contributed by atoms with Crippen LogP contribution in [-0.4, -0.2) is 34.5 Å². The lowest BCUT2D eigenvalue weighted by atomic mass is 9.98. The van der Waals surface area contributed by atoms with Crippen LogP contribution in [0.3, 0.4) is 0 Å². The van der Waals surface area contributed by atoms with E-state index in [4.69, 9.17) is 4.74 Å². The van der Waals surface area contributed by atoms with Crippen LogP contribution in [-0.2, 0) is 15.6 Å². The molecular formula is C22H24N2O4S. The summed E-state index contributed by atoms with van der Waals surface area (Å²) in [4.78, 5) is 27.9. The Labute approximate surface area is 171 Å². The molecule has 2 aromatic rings. The van der Waals surface area contributed by atoms with E-state index < -0.39 is 10.8 Å². The van der Waals surface area contributed by atoms with Crippen molar-refractivity contribution in [2.24, 2.45) is 0 Å². The lowest BCUT2D eigenvalue weighted by Crippen LogP contribution is -2.23. The van der Waals surface area contributed by atoms with Crippen molar-refractivity contribution in [3.05, 3.63) is 63.6 Å². The van der Waals surface area contributed by atoms with E-state index in [0.29, 0.717) is 35.1 Å². The summed E-state index contributed by atoms with van der Waals surface area (Å²) < 4.78 is 17.4. The molecule has 1 aromatic carbocycles. The van der Waals surface area contributed by atoms with E-state index >= 15 is 0 Å². The summed E-state index contributed by atoms with van der Waals surface area (Å²) in [7, 11) is 0.365. The average Bonchev–Trinajstić information content (AvgIpc) is 3.46. The highest BCUT2D eigenvalue weighted by Gasteiger charge is 2.27. The fourth-order valence-corrected chi connectivity index (χ4v) is 4.42. The molecule has 0 radical (unpaired) electrons. The molecule has 2 fully saturated rings. The second kappa shape index (κ2) is 7.99. The van der Waals surface area contributed by atoms with Crippen molar-refractivity contribution in [3.8, 4) is 5.75 Å². The van der Waals surface area contributed by atoms with Crippen molar-refractivity contribution in [1.82, 2.24) is 10.3 Å². The summed E-state index contributed by atoms with van der Waals surface area (Å²) in [5.74, 6) is 0.924. The Hall–Kier alpha value is -2.67. The second-order valence-corrected chi connectivity index (χ2v) is 8.89. The molecule has 2 heterocycles. The fraction of sp³-hybridized carbons (Fsp3) is 0.364. The van der Waals surface area contributed by atoms with E-state index in [1.807, 2.05) is 30.3 Å². The molecular weight excluding hydrogens is 388 g/mol. The molecule has 1 saturated carbocycles. The van der Waals surface area contributed by atoms with Crippen LogP contribution in [0.2, 0.25) is 0 Å². The zero-order valence-electron chi connectivity index (χ0n) is 16.5. The van der Waals surface area contributed by atoms with Crippen LogP contribution in [0.15, 0.2) is 46.1 Å². The molecule has 0 spiro atoms. The van der Waals surface area contributed by atoms with Crippen molar-refractivity contribution >= 4 is 22.3 Å². The monoisotopic (exact) mass is 412 g/mol. The number of methoxy groups -OCH3 is 1. The Morgan fingerprint density at radius 3 is 2.55 bits per heavy atom. The Balaban J connectivity index is 1.80. The third kappa shape index (κ3) is 4.19. The highest BCUT2D eigenvalue weighted by molar-refractivity contribution is 7.84. The maximum absolute atomic E-state index is 12.6. The summed E-state index contributed by atoms with van der Waals surface area (Å²) in [6.45, 7) is 0. The van der Waals surface area contributed by atoms with Gasteiger partial charge in [0.15, 0.2) is 0 Å². The van der Waals surface area contributed by atoms with Gasteiger partial charge in [-0.2, -0.15) is 0 Å². The zero-order valence-corrected chi connectivity index (χ0v) is 17.3. The fourth-order valence-electron chi connectivity index (χ4n) is 3.74. The predicted octanol–water partition coefficient (Wildman–Crippen LogP) is 2.71. The van der Waals surface area contributed by atoms with Crippen molar-refractivity contribution in [3.63, 3.8) is 0 Å². The first-order valence-electron chi connectivity index (χ1n) is 9.73. The molecule has 2 aliphatic rings. The number of benzene rings is 1. The summed E-state index contributed by atoms with van der Waals surface area (Å²) in [6.07, 6.45) is 6.91. The number of aromatic nitrogens is 1. The van der Waals surface area contributed by atoms with Gasteiger partial charge in [0.2, 0.25) is 5.91 Å². The van der Waals surface area contributed by atoms with Gasteiger partial charge in [0.1, 0.15) is 5.75 Å². The number of H-pyrrole nitrogens is 1. The smallest absolute Gasteiger partial charge is 0.251 e. The number of hydrogen-bond donors (Lipinski definition) is 2. The van der Waals surface area contributed by atoms with Gasteiger partial charge in [0.25, 0.3) is 5.56 Å². The van der Waals surface area contributed by atoms with E-state index in [-0.39, 0.29) is 17.5 Å². The highest BCUT2D eigenvalue weighted by Crippen LogP contribution is 2.38. The van der Waals surface area contributed by atoms with Crippen LogP contribution in [0.1, 0.15) is 48.4 Å². The minimum absolute atomic E-state index is 0.0254. The van der Waals surface area contributed by atoms with Gasteiger partial charge in [-0.25, -0.2) is 0 Å². The SMILES string of the molecule is COc1cc(/C(=C\[C@H]2CCC(=O)N2)c2ccc(C3CC3)c(=O)[nH]2)ccc1S(C)=O. The molecule has 29 heavy (non-hydrogen) atoms. The Morgan fingerprint density at radius 2 is 1.97 bits per heavy atom. The van der Waals surface area contributed by atoms with Crippen molar-refractivity contribution in [1.29, 1.82) is 0 Å². The first kappa shape index (κ1) is 19.6. The van der Waals surface area contributed by atoms with E-state index in [9.17, 15) is 13.8 Å². The molecule has 2 N–H and O–H groups in total. The van der Waals surface area contributed by atoms with Gasteiger partial charge in [-0.1, -0.05) is 18.2 Å². The van der Waals surface area contributed by atoms with E-state index in [1.54, 1.807) is 19.4 Å². The van der Waals surface area contributed by atoms with Gasteiger partial charge in [0.05, 0.1) is 22.8 Å². The molecule has 2 atom stereocenters. The number of hydrogen-bond acceptors (Lipinski definition) is 4. The maximum atomic E-state index is 12.6. The van der Waals surface area contributed by atoms with Crippen LogP contribution in [0, 0.1) is 0 Å². The van der Waals surface area contributed by atoms with Crippen LogP contribution in [0.4, 0.5) is 0 Å². The summed E-state index contributed by atoms with van der Waals surface area (Å²) >= 11 is 0. The van der Waals surface area contributed by atoms with Crippen molar-refractivity contribution < 1.29 is 13.7 Å². The molecule has 1 saturated heterocycles. The summed E-state index contributed by atoms with van der Waals surface area (Å²) in [6, 6.07) is 9.20. The van der Waals surface area contributed by atoms with Gasteiger partial charge in [-0.05, 0) is 48.9 Å². The van der Waals surface area contributed by atoms with Gasteiger partial charge < -0.3 is 15.0 Å². The number of pyridine rings is 1. The van der Waals surface area contributed by atoms with Gasteiger partial charge in [-0.15, -0.1) is 0 Å². The maximum Gasteiger partial charge on any atom is 0.251 e. The second-order valence-electron chi connectivity index (χ2n) is 7.54. The number of rotatable bonds is 6. The number of ether oxygens (including phenoxy) is 1. The van der Waals surface area contributed by atoms with Gasteiger partial charge in [0, 0.05) is 35.5 Å². The van der Waals surface area contributed by atoms with Crippen LogP contribution >= 0.6 is 0 Å². The molecule has 152 valence electrons. The van der Waals surface area contributed by atoms with Gasteiger partial charge >= 0.3 is 0 Å². The first-order chi connectivity index (χ1) is 14.0. The zero-order chi connectivity index (χ0) is 20.5. The first-order valence-corrected chi connectivity index (χ1v) is 11.3. The molecule has 1 aliphatic carbocycles. The molecule has 6 nitrogen and oxygen atoms in total. The third-order valence-corrected chi connectivity index (χ3v) is 6.38. The van der Waals surface area contributed by atoms with Crippen LogP contribution in [0.25, 0.3) is 5.57 Å². The number of amides is 1. The Morgan fingerprint density at radius 1 is 1.17 bits per heavy atom. The largest absolute Gasteiger partial charge is 0.495 e. The molecule has 0 bridgehead atoms. The molecule has 1 amide bonds. The normalized spacial score (nSPS) is 20.4. The number of nitrogens with one attached hydrogen (secondary N) is 2. The Kier molecular flexibility index (Phi) is 5.41. The van der Waals surface area contributed by atoms with E-state index in [1.165, 1.54) is 0 Å². The number of carbonyl (C=O) groups excluding carboxylic acids is 1.